The van der Waals surface area contributed by atoms with Gasteiger partial charge < -0.3 is 5.73 Å². The van der Waals surface area contributed by atoms with Crippen LogP contribution in [0.5, 0.6) is 0 Å². The van der Waals surface area contributed by atoms with E-state index >= 15 is 0 Å². The molecule has 1 aromatic rings. The lowest BCUT2D eigenvalue weighted by molar-refractivity contribution is 0.250. The van der Waals surface area contributed by atoms with Gasteiger partial charge in [-0.05, 0) is 54.7 Å². The molecule has 1 aliphatic carbocycles. The highest BCUT2D eigenvalue weighted by Crippen LogP contribution is 2.39. The topological polar surface area (TPSA) is 26.0 Å². The van der Waals surface area contributed by atoms with Crippen molar-refractivity contribution >= 4 is 5.69 Å². The van der Waals surface area contributed by atoms with Crippen molar-refractivity contribution in [3.8, 4) is 0 Å². The second kappa shape index (κ2) is 4.26. The molecule has 0 bridgehead atoms. The van der Waals surface area contributed by atoms with Gasteiger partial charge in [-0.1, -0.05) is 26.0 Å². The molecule has 3 atom stereocenters. The van der Waals surface area contributed by atoms with Crippen LogP contribution in [0.25, 0.3) is 0 Å². The minimum absolute atomic E-state index is 0.736. The summed E-state index contributed by atoms with van der Waals surface area (Å²) in [5.74, 6) is 2.48. The fraction of sp³-hybridized carbons (Fsp3) is 0.571. The maximum atomic E-state index is 5.83. The molecule has 1 aromatic carbocycles. The van der Waals surface area contributed by atoms with Gasteiger partial charge >= 0.3 is 0 Å². The number of hydrogen-bond acceptors (Lipinski definition) is 1. The number of nitrogen functional groups attached to an aromatic ring is 1. The highest BCUT2D eigenvalue weighted by molar-refractivity contribution is 5.41. The third-order valence-electron chi connectivity index (χ3n) is 3.98. The van der Waals surface area contributed by atoms with Crippen LogP contribution in [0.4, 0.5) is 5.69 Å². The second-order valence-corrected chi connectivity index (χ2v) is 5.13. The molecular weight excluding hydrogens is 182 g/mol. The maximum Gasteiger partial charge on any atom is 0.0316 e. The molecule has 2 N–H and O–H groups in total. The first-order valence-corrected chi connectivity index (χ1v) is 6.02. The highest BCUT2D eigenvalue weighted by atomic mass is 14.5. The van der Waals surface area contributed by atoms with Crippen LogP contribution >= 0.6 is 0 Å². The van der Waals surface area contributed by atoms with Crippen molar-refractivity contribution in [2.24, 2.45) is 11.8 Å². The average Bonchev–Trinajstić information content (AvgIpc) is 2.22. The van der Waals surface area contributed by atoms with E-state index in [-0.39, 0.29) is 0 Å². The molecule has 1 nitrogen and oxygen atoms in total. The van der Waals surface area contributed by atoms with Gasteiger partial charge in [0.25, 0.3) is 0 Å². The van der Waals surface area contributed by atoms with Gasteiger partial charge in [0.15, 0.2) is 0 Å². The Kier molecular flexibility index (Phi) is 2.99. The van der Waals surface area contributed by atoms with Gasteiger partial charge in [-0.2, -0.15) is 0 Å². The van der Waals surface area contributed by atoms with E-state index < -0.39 is 0 Å². The largest absolute Gasteiger partial charge is 0.399 e. The smallest absolute Gasteiger partial charge is 0.0316 e. The number of benzene rings is 1. The van der Waals surface area contributed by atoms with Gasteiger partial charge in [0.1, 0.15) is 0 Å². The zero-order valence-electron chi connectivity index (χ0n) is 9.74. The molecule has 0 saturated heterocycles. The minimum Gasteiger partial charge on any atom is -0.399 e. The Morgan fingerprint density at radius 3 is 2.60 bits per heavy atom. The lowest BCUT2D eigenvalue weighted by Crippen LogP contribution is -2.19. The van der Waals surface area contributed by atoms with Crippen molar-refractivity contribution in [3.63, 3.8) is 0 Å². The molecular formula is C14H21N. The second-order valence-electron chi connectivity index (χ2n) is 5.13. The Labute approximate surface area is 92.7 Å². The van der Waals surface area contributed by atoms with Gasteiger partial charge in [-0.25, -0.2) is 0 Å². The number of nitrogens with two attached hydrogens (primary N) is 1. The van der Waals surface area contributed by atoms with Crippen LogP contribution in [-0.4, -0.2) is 0 Å². The molecule has 0 radical (unpaired) electrons. The molecule has 1 fully saturated rings. The molecule has 1 heteroatoms. The van der Waals surface area contributed by atoms with Crippen molar-refractivity contribution in [2.75, 3.05) is 5.73 Å². The average molecular weight is 203 g/mol. The Balaban J connectivity index is 2.12. The summed E-state index contributed by atoms with van der Waals surface area (Å²) in [6, 6.07) is 8.42. The van der Waals surface area contributed by atoms with Gasteiger partial charge in [0.05, 0.1) is 0 Å². The van der Waals surface area contributed by atoms with E-state index in [1.165, 1.54) is 24.8 Å². The van der Waals surface area contributed by atoms with Crippen LogP contribution in [0.2, 0.25) is 0 Å². The zero-order valence-corrected chi connectivity index (χ0v) is 9.74. The van der Waals surface area contributed by atoms with Crippen LogP contribution in [0.3, 0.4) is 0 Å². The minimum atomic E-state index is 0.736. The molecule has 0 spiro atoms. The normalized spacial score (nSPS) is 31.5. The molecule has 0 aliphatic heterocycles. The van der Waals surface area contributed by atoms with Gasteiger partial charge in [0.2, 0.25) is 0 Å². The standard InChI is InChI=1S/C14H21N/c1-10-6-7-13(8-11(10)2)12-4-3-5-14(15)9-12/h3-5,9-11,13H,6-8,15H2,1-2H3/t10-,11+,13+/m1/s1. The van der Waals surface area contributed by atoms with E-state index in [9.17, 15) is 0 Å². The van der Waals surface area contributed by atoms with E-state index in [1.807, 2.05) is 6.07 Å². The molecule has 1 saturated carbocycles. The Morgan fingerprint density at radius 1 is 1.13 bits per heavy atom. The summed E-state index contributed by atoms with van der Waals surface area (Å²) < 4.78 is 0. The predicted molar refractivity (Wildman–Crippen MR) is 65.8 cm³/mol. The summed E-state index contributed by atoms with van der Waals surface area (Å²) in [5, 5.41) is 0. The molecule has 0 unspecified atom stereocenters. The summed E-state index contributed by atoms with van der Waals surface area (Å²) in [5.41, 5.74) is 8.17. The summed E-state index contributed by atoms with van der Waals surface area (Å²) in [6.45, 7) is 4.75. The number of anilines is 1. The van der Waals surface area contributed by atoms with Gasteiger partial charge in [0, 0.05) is 5.69 Å². The maximum absolute atomic E-state index is 5.83. The Bertz CT molecular complexity index is 332. The third-order valence-corrected chi connectivity index (χ3v) is 3.98. The van der Waals surface area contributed by atoms with E-state index in [0.717, 1.165) is 23.4 Å². The van der Waals surface area contributed by atoms with E-state index in [4.69, 9.17) is 5.73 Å². The summed E-state index contributed by atoms with van der Waals surface area (Å²) in [6.07, 6.45) is 4.01. The van der Waals surface area contributed by atoms with Crippen LogP contribution in [0, 0.1) is 11.8 Å². The van der Waals surface area contributed by atoms with Crippen LogP contribution in [0.15, 0.2) is 24.3 Å². The van der Waals surface area contributed by atoms with Crippen LogP contribution in [0.1, 0.15) is 44.6 Å². The van der Waals surface area contributed by atoms with Crippen molar-refractivity contribution < 1.29 is 0 Å². The van der Waals surface area contributed by atoms with Crippen molar-refractivity contribution in [2.45, 2.75) is 39.0 Å². The van der Waals surface area contributed by atoms with E-state index in [2.05, 4.69) is 32.0 Å². The molecule has 0 heterocycles. The van der Waals surface area contributed by atoms with Crippen molar-refractivity contribution in [3.05, 3.63) is 29.8 Å². The predicted octanol–water partition coefficient (Wildman–Crippen LogP) is 3.81. The SMILES string of the molecule is C[C@@H]1CC[C@H](c2cccc(N)c2)C[C@@H]1C. The Hall–Kier alpha value is -0.980. The van der Waals surface area contributed by atoms with Gasteiger partial charge in [-0.3, -0.25) is 0 Å². The first-order chi connectivity index (χ1) is 7.16. The quantitative estimate of drug-likeness (QED) is 0.690. The first-order valence-electron chi connectivity index (χ1n) is 6.02. The van der Waals surface area contributed by atoms with E-state index in [1.54, 1.807) is 0 Å². The molecule has 15 heavy (non-hydrogen) atoms. The fourth-order valence-electron chi connectivity index (χ4n) is 2.66. The molecule has 0 amide bonds. The van der Waals surface area contributed by atoms with Crippen molar-refractivity contribution in [1.29, 1.82) is 0 Å². The van der Waals surface area contributed by atoms with Crippen LogP contribution in [-0.2, 0) is 0 Å². The highest BCUT2D eigenvalue weighted by Gasteiger charge is 2.25. The van der Waals surface area contributed by atoms with Gasteiger partial charge in [-0.15, -0.1) is 0 Å². The van der Waals surface area contributed by atoms with E-state index in [0.29, 0.717) is 0 Å². The lowest BCUT2D eigenvalue weighted by Gasteiger charge is -2.32. The molecule has 0 aromatic heterocycles. The molecule has 1 aliphatic rings. The van der Waals surface area contributed by atoms with Crippen molar-refractivity contribution in [1.82, 2.24) is 0 Å². The first kappa shape index (κ1) is 10.5. The molecule has 2 rings (SSSR count). The summed E-state index contributed by atoms with van der Waals surface area (Å²) >= 11 is 0. The number of rotatable bonds is 1. The third kappa shape index (κ3) is 2.34. The summed E-state index contributed by atoms with van der Waals surface area (Å²) in [4.78, 5) is 0. The lowest BCUT2D eigenvalue weighted by atomic mass is 9.73. The zero-order chi connectivity index (χ0) is 10.8. The fourth-order valence-corrected chi connectivity index (χ4v) is 2.66. The van der Waals surface area contributed by atoms with Crippen LogP contribution < -0.4 is 5.73 Å². The number of hydrogen-bond donors (Lipinski definition) is 1. The monoisotopic (exact) mass is 203 g/mol. The summed E-state index contributed by atoms with van der Waals surface area (Å²) in [7, 11) is 0. The molecule has 82 valence electrons. The Morgan fingerprint density at radius 2 is 1.93 bits per heavy atom.